The minimum absolute atomic E-state index is 0.0332. The number of nitrogens with zero attached hydrogens (tertiary/aromatic N) is 1. The number of amides is 2. The van der Waals surface area contributed by atoms with Crippen molar-refractivity contribution in [3.05, 3.63) is 102 Å². The van der Waals surface area contributed by atoms with Gasteiger partial charge in [0.05, 0.1) is 0 Å². The third-order valence-corrected chi connectivity index (χ3v) is 5.64. The van der Waals surface area contributed by atoms with Crippen molar-refractivity contribution in [1.29, 1.82) is 0 Å². The minimum Gasteiger partial charge on any atom is -0.484 e. The molecule has 0 saturated carbocycles. The summed E-state index contributed by atoms with van der Waals surface area (Å²) < 4.78 is 19.2. The van der Waals surface area contributed by atoms with Gasteiger partial charge in [-0.25, -0.2) is 4.39 Å². The molecule has 0 aromatic heterocycles. The first-order valence-electron chi connectivity index (χ1n) is 11.5. The highest BCUT2D eigenvalue weighted by atomic mass is 19.1. The van der Waals surface area contributed by atoms with Gasteiger partial charge in [0.1, 0.15) is 17.6 Å². The summed E-state index contributed by atoms with van der Waals surface area (Å²) in [4.78, 5) is 28.3. The monoisotopic (exact) mass is 462 g/mol. The van der Waals surface area contributed by atoms with Crippen LogP contribution >= 0.6 is 0 Å². The van der Waals surface area contributed by atoms with Crippen molar-refractivity contribution < 1.29 is 18.7 Å². The van der Waals surface area contributed by atoms with Gasteiger partial charge >= 0.3 is 0 Å². The van der Waals surface area contributed by atoms with Crippen LogP contribution in [0.4, 0.5) is 4.39 Å². The Bertz CT molecular complexity index is 1040. The Morgan fingerprint density at radius 1 is 0.912 bits per heavy atom. The second-order valence-corrected chi connectivity index (χ2v) is 8.27. The molecule has 2 atom stereocenters. The Labute approximate surface area is 200 Å². The van der Waals surface area contributed by atoms with Crippen LogP contribution in [0, 0.1) is 5.82 Å². The highest BCUT2D eigenvalue weighted by Gasteiger charge is 2.31. The molecule has 0 radical (unpaired) electrons. The molecular weight excluding hydrogens is 431 g/mol. The second kappa shape index (κ2) is 12.5. The maximum absolute atomic E-state index is 13.5. The smallest absolute Gasteiger partial charge is 0.261 e. The Hall–Kier alpha value is -3.67. The summed E-state index contributed by atoms with van der Waals surface area (Å²) in [6, 6.07) is 23.8. The molecule has 1 N–H and O–H groups in total. The van der Waals surface area contributed by atoms with Crippen molar-refractivity contribution in [1.82, 2.24) is 10.2 Å². The van der Waals surface area contributed by atoms with Gasteiger partial charge in [-0.2, -0.15) is 0 Å². The molecule has 0 spiro atoms. The highest BCUT2D eigenvalue weighted by molar-refractivity contribution is 5.88. The third kappa shape index (κ3) is 7.44. The molecule has 3 aromatic rings. The molecule has 0 aliphatic carbocycles. The zero-order valence-electron chi connectivity index (χ0n) is 19.6. The number of nitrogens with one attached hydrogen (secondary N) is 1. The standard InChI is InChI=1S/C28H31FN2O3/c1-3-21(2)30-28(33)26(18-22-10-6-4-7-11-22)31(19-23-14-16-24(29)17-15-23)27(32)20-34-25-12-8-5-9-13-25/h4-17,21,26H,3,18-20H2,1-2H3,(H,30,33)/t21-,26-/m0/s1. The SMILES string of the molecule is CC[C@H](C)NC(=O)[C@H](Cc1ccccc1)N(Cc1ccc(F)cc1)C(=O)COc1ccccc1. The van der Waals surface area contributed by atoms with Crippen LogP contribution in [0.15, 0.2) is 84.9 Å². The molecule has 2 amide bonds. The van der Waals surface area contributed by atoms with Gasteiger partial charge in [-0.05, 0) is 48.7 Å². The second-order valence-electron chi connectivity index (χ2n) is 8.27. The average molecular weight is 463 g/mol. The van der Waals surface area contributed by atoms with Crippen molar-refractivity contribution in [3.63, 3.8) is 0 Å². The van der Waals surface area contributed by atoms with E-state index in [1.807, 2.05) is 62.4 Å². The fourth-order valence-corrected chi connectivity index (χ4v) is 3.53. The first-order chi connectivity index (χ1) is 16.5. The van der Waals surface area contributed by atoms with Gasteiger partial charge in [-0.3, -0.25) is 9.59 Å². The summed E-state index contributed by atoms with van der Waals surface area (Å²) in [5.74, 6) is -0.340. The van der Waals surface area contributed by atoms with Crippen LogP contribution in [-0.2, 0) is 22.6 Å². The number of rotatable bonds is 11. The number of hydrogen-bond donors (Lipinski definition) is 1. The first kappa shape index (κ1) is 25.0. The average Bonchev–Trinajstić information content (AvgIpc) is 2.87. The van der Waals surface area contributed by atoms with Gasteiger partial charge < -0.3 is 15.0 Å². The Morgan fingerprint density at radius 2 is 1.53 bits per heavy atom. The quantitative estimate of drug-likeness (QED) is 0.447. The third-order valence-electron chi connectivity index (χ3n) is 5.64. The summed E-state index contributed by atoms with van der Waals surface area (Å²) in [7, 11) is 0. The zero-order valence-corrected chi connectivity index (χ0v) is 19.6. The number of ether oxygens (including phenoxy) is 1. The number of halogens is 1. The van der Waals surface area contributed by atoms with Gasteiger partial charge in [-0.15, -0.1) is 0 Å². The van der Waals surface area contributed by atoms with Gasteiger partial charge in [0.15, 0.2) is 6.61 Å². The van der Waals surface area contributed by atoms with Crippen molar-refractivity contribution >= 4 is 11.8 Å². The highest BCUT2D eigenvalue weighted by Crippen LogP contribution is 2.17. The van der Waals surface area contributed by atoms with Crippen LogP contribution in [0.3, 0.4) is 0 Å². The van der Waals surface area contributed by atoms with Crippen LogP contribution in [0.1, 0.15) is 31.4 Å². The maximum atomic E-state index is 13.5. The molecule has 178 valence electrons. The molecule has 3 aromatic carbocycles. The van der Waals surface area contributed by atoms with E-state index in [2.05, 4.69) is 5.32 Å². The van der Waals surface area contributed by atoms with Crippen LogP contribution in [0.5, 0.6) is 5.75 Å². The van der Waals surface area contributed by atoms with Crippen molar-refractivity contribution in [2.75, 3.05) is 6.61 Å². The number of carbonyl (C=O) groups is 2. The van der Waals surface area contributed by atoms with Crippen LogP contribution in [0.2, 0.25) is 0 Å². The van der Waals surface area contributed by atoms with E-state index in [0.29, 0.717) is 12.2 Å². The molecule has 34 heavy (non-hydrogen) atoms. The lowest BCUT2D eigenvalue weighted by atomic mass is 10.0. The number of para-hydroxylation sites is 1. The minimum atomic E-state index is -0.756. The number of hydrogen-bond acceptors (Lipinski definition) is 3. The topological polar surface area (TPSA) is 58.6 Å². The van der Waals surface area contributed by atoms with Gasteiger partial charge in [0.2, 0.25) is 5.91 Å². The maximum Gasteiger partial charge on any atom is 0.261 e. The lowest BCUT2D eigenvalue weighted by Gasteiger charge is -2.32. The van der Waals surface area contributed by atoms with Crippen LogP contribution in [0.25, 0.3) is 0 Å². The fraction of sp³-hybridized carbons (Fsp3) is 0.286. The van der Waals surface area contributed by atoms with Crippen LogP contribution in [-0.4, -0.2) is 35.4 Å². The molecule has 0 aliphatic rings. The summed E-state index contributed by atoms with van der Waals surface area (Å²) in [5, 5.41) is 3.02. The Morgan fingerprint density at radius 3 is 2.15 bits per heavy atom. The lowest BCUT2D eigenvalue weighted by Crippen LogP contribution is -2.53. The molecule has 0 saturated heterocycles. The van der Waals surface area contributed by atoms with E-state index in [-0.39, 0.29) is 36.8 Å². The molecule has 0 fully saturated rings. The first-order valence-corrected chi connectivity index (χ1v) is 11.5. The van der Waals surface area contributed by atoms with Crippen molar-refractivity contribution in [2.45, 2.75) is 45.3 Å². The molecule has 3 rings (SSSR count). The van der Waals surface area contributed by atoms with Gasteiger partial charge in [0.25, 0.3) is 5.91 Å². The molecule has 6 heteroatoms. The largest absolute Gasteiger partial charge is 0.484 e. The summed E-state index contributed by atoms with van der Waals surface area (Å²) in [5.41, 5.74) is 1.66. The van der Waals surface area contributed by atoms with Gasteiger partial charge in [-0.1, -0.05) is 67.6 Å². The van der Waals surface area contributed by atoms with E-state index >= 15 is 0 Å². The molecule has 5 nitrogen and oxygen atoms in total. The summed E-state index contributed by atoms with van der Waals surface area (Å²) in [6.45, 7) is 3.87. The van der Waals surface area contributed by atoms with Gasteiger partial charge in [0, 0.05) is 19.0 Å². The summed E-state index contributed by atoms with van der Waals surface area (Å²) in [6.07, 6.45) is 1.12. The zero-order chi connectivity index (χ0) is 24.3. The normalized spacial score (nSPS) is 12.4. The molecule has 0 heterocycles. The molecule has 0 bridgehead atoms. The van der Waals surface area contributed by atoms with E-state index < -0.39 is 6.04 Å². The Kier molecular flexibility index (Phi) is 9.21. The predicted octanol–water partition coefficient (Wildman–Crippen LogP) is 4.76. The fourth-order valence-electron chi connectivity index (χ4n) is 3.53. The summed E-state index contributed by atoms with van der Waals surface area (Å²) >= 11 is 0. The lowest BCUT2D eigenvalue weighted by molar-refractivity contribution is -0.143. The Balaban J connectivity index is 1.90. The number of carbonyl (C=O) groups excluding carboxylic acids is 2. The molecular formula is C28H31FN2O3. The van der Waals surface area contributed by atoms with E-state index in [1.54, 1.807) is 24.3 Å². The predicted molar refractivity (Wildman–Crippen MR) is 131 cm³/mol. The number of benzene rings is 3. The van der Waals surface area contributed by atoms with Crippen molar-refractivity contribution in [2.24, 2.45) is 0 Å². The molecule has 0 aliphatic heterocycles. The van der Waals surface area contributed by atoms with Crippen LogP contribution < -0.4 is 10.1 Å². The van der Waals surface area contributed by atoms with E-state index in [9.17, 15) is 14.0 Å². The molecule has 0 unspecified atom stereocenters. The van der Waals surface area contributed by atoms with Crippen molar-refractivity contribution in [3.8, 4) is 5.75 Å². The van der Waals surface area contributed by atoms with E-state index in [0.717, 1.165) is 17.5 Å². The van der Waals surface area contributed by atoms with E-state index in [1.165, 1.54) is 17.0 Å². The van der Waals surface area contributed by atoms with E-state index in [4.69, 9.17) is 4.74 Å².